The van der Waals surface area contributed by atoms with Crippen molar-refractivity contribution in [2.45, 2.75) is 24.4 Å². The fraction of sp³-hybridized carbons (Fsp3) is 0.182. The first kappa shape index (κ1) is 21.7. The third-order valence-electron chi connectivity index (χ3n) is 4.83. The van der Waals surface area contributed by atoms with E-state index >= 15 is 0 Å². The molecular formula is C22H18F2N4O3S. The van der Waals surface area contributed by atoms with Gasteiger partial charge in [0.15, 0.2) is 0 Å². The number of carbonyl (C=O) groups is 1. The number of hydrogen-bond acceptors (Lipinski definition) is 6. The van der Waals surface area contributed by atoms with Gasteiger partial charge < -0.3 is 9.84 Å². The van der Waals surface area contributed by atoms with Crippen LogP contribution >= 0.6 is 11.8 Å². The lowest BCUT2D eigenvalue weighted by Gasteiger charge is -2.07. The quantitative estimate of drug-likeness (QED) is 0.426. The number of hydrogen-bond donors (Lipinski definition) is 1. The molecule has 10 heteroatoms. The lowest BCUT2D eigenvalue weighted by Crippen LogP contribution is -2.27. The normalized spacial score (nSPS) is 11.1. The molecule has 0 aliphatic heterocycles. The summed E-state index contributed by atoms with van der Waals surface area (Å²) in [5.41, 5.74) is 0.444. The third-order valence-corrected chi connectivity index (χ3v) is 5.57. The molecule has 0 radical (unpaired) electrons. The summed E-state index contributed by atoms with van der Waals surface area (Å²) >= 11 is 1.64. The zero-order valence-corrected chi connectivity index (χ0v) is 17.8. The average Bonchev–Trinajstić information content (AvgIpc) is 3.22. The van der Waals surface area contributed by atoms with Crippen molar-refractivity contribution in [3.63, 3.8) is 0 Å². The summed E-state index contributed by atoms with van der Waals surface area (Å²) in [6, 6.07) is 10.7. The van der Waals surface area contributed by atoms with Crippen LogP contribution in [-0.4, -0.2) is 26.9 Å². The number of aryl methyl sites for hydroxylation is 1. The Morgan fingerprint density at radius 3 is 2.56 bits per heavy atom. The second-order valence-electron chi connectivity index (χ2n) is 6.99. The van der Waals surface area contributed by atoms with E-state index in [-0.39, 0.29) is 41.2 Å². The summed E-state index contributed by atoms with van der Waals surface area (Å²) in [6.45, 7) is 0.446. The maximum Gasteiger partial charge on any atom is 0.266 e. The van der Waals surface area contributed by atoms with Crippen LogP contribution in [0, 0.1) is 11.6 Å². The van der Waals surface area contributed by atoms with Crippen molar-refractivity contribution in [1.82, 2.24) is 20.0 Å². The van der Waals surface area contributed by atoms with Crippen LogP contribution < -0.4 is 10.9 Å². The monoisotopic (exact) mass is 456 g/mol. The summed E-state index contributed by atoms with van der Waals surface area (Å²) in [5.74, 6) is -1.84. The number of halogens is 2. The van der Waals surface area contributed by atoms with E-state index in [4.69, 9.17) is 4.52 Å². The van der Waals surface area contributed by atoms with Gasteiger partial charge in [0.05, 0.1) is 0 Å². The Balaban J connectivity index is 1.48. The SMILES string of the molecule is CSc1ccc(CNC(=O)CCn2cnc3onc(-c4cc(F)cc(F)c4)c3c2=O)cc1. The molecule has 1 N–H and O–H groups in total. The third kappa shape index (κ3) is 4.70. The number of fused-ring (bicyclic) bond motifs is 1. The van der Waals surface area contributed by atoms with Crippen molar-refractivity contribution in [3.05, 3.63) is 76.3 Å². The number of benzene rings is 2. The van der Waals surface area contributed by atoms with E-state index in [0.29, 0.717) is 6.54 Å². The van der Waals surface area contributed by atoms with Gasteiger partial charge in [0.2, 0.25) is 5.91 Å². The van der Waals surface area contributed by atoms with Crippen LogP contribution in [0.15, 0.2) is 63.0 Å². The molecule has 0 spiro atoms. The Labute approximate surface area is 185 Å². The number of nitrogens with one attached hydrogen (secondary N) is 1. The lowest BCUT2D eigenvalue weighted by atomic mass is 10.1. The summed E-state index contributed by atoms with van der Waals surface area (Å²) in [7, 11) is 0. The van der Waals surface area contributed by atoms with Gasteiger partial charge >= 0.3 is 0 Å². The minimum absolute atomic E-state index is 0.00760. The number of aromatic nitrogens is 3. The summed E-state index contributed by atoms with van der Waals surface area (Å²) in [6.07, 6.45) is 3.29. The van der Waals surface area contributed by atoms with Gasteiger partial charge in [-0.25, -0.2) is 13.8 Å². The Morgan fingerprint density at radius 1 is 1.16 bits per heavy atom. The van der Waals surface area contributed by atoms with Gasteiger partial charge in [-0.3, -0.25) is 14.2 Å². The highest BCUT2D eigenvalue weighted by molar-refractivity contribution is 7.98. The highest BCUT2D eigenvalue weighted by Crippen LogP contribution is 2.25. The van der Waals surface area contributed by atoms with Crippen molar-refractivity contribution >= 4 is 28.8 Å². The molecule has 0 aliphatic carbocycles. The first-order chi connectivity index (χ1) is 15.4. The fourth-order valence-electron chi connectivity index (χ4n) is 3.18. The molecule has 2 heterocycles. The van der Waals surface area contributed by atoms with Crippen molar-refractivity contribution in [2.24, 2.45) is 0 Å². The summed E-state index contributed by atoms with van der Waals surface area (Å²) in [4.78, 5) is 30.3. The molecule has 0 aliphatic rings. The molecule has 0 unspecified atom stereocenters. The van der Waals surface area contributed by atoms with E-state index in [1.54, 1.807) is 11.8 Å². The Kier molecular flexibility index (Phi) is 6.31. The van der Waals surface area contributed by atoms with E-state index in [0.717, 1.165) is 28.7 Å². The second-order valence-corrected chi connectivity index (χ2v) is 7.87. The van der Waals surface area contributed by atoms with E-state index < -0.39 is 17.2 Å². The van der Waals surface area contributed by atoms with Gasteiger partial charge in [-0.2, -0.15) is 0 Å². The molecule has 4 aromatic rings. The first-order valence-corrected chi connectivity index (χ1v) is 10.9. The zero-order chi connectivity index (χ0) is 22.7. The molecule has 2 aromatic carbocycles. The van der Waals surface area contributed by atoms with Gasteiger partial charge in [0.25, 0.3) is 11.3 Å². The van der Waals surface area contributed by atoms with E-state index in [9.17, 15) is 18.4 Å². The maximum absolute atomic E-state index is 13.6. The molecule has 0 saturated carbocycles. The van der Waals surface area contributed by atoms with E-state index in [2.05, 4.69) is 15.5 Å². The molecule has 0 saturated heterocycles. The predicted molar refractivity (Wildman–Crippen MR) is 116 cm³/mol. The van der Waals surface area contributed by atoms with Crippen LogP contribution in [0.5, 0.6) is 0 Å². The van der Waals surface area contributed by atoms with Crippen LogP contribution in [0.25, 0.3) is 22.4 Å². The largest absolute Gasteiger partial charge is 0.352 e. The number of amides is 1. The molecule has 1 amide bonds. The van der Waals surface area contributed by atoms with Crippen LogP contribution in [0.1, 0.15) is 12.0 Å². The number of nitrogens with zero attached hydrogens (tertiary/aromatic N) is 3. The van der Waals surface area contributed by atoms with E-state index in [1.807, 2.05) is 30.5 Å². The molecule has 2 aromatic heterocycles. The number of thioether (sulfide) groups is 1. The van der Waals surface area contributed by atoms with Crippen molar-refractivity contribution in [3.8, 4) is 11.3 Å². The Bertz CT molecular complexity index is 1320. The standard InChI is InChI=1S/C22H18F2N4O3S/c1-32-17-4-2-13(3-5-17)11-25-18(29)6-7-28-12-26-21-19(22(28)30)20(27-31-21)14-8-15(23)10-16(24)9-14/h2-5,8-10,12H,6-7,11H2,1H3,(H,25,29). The van der Waals surface area contributed by atoms with Gasteiger partial charge in [0.1, 0.15) is 29.0 Å². The topological polar surface area (TPSA) is 90.0 Å². The van der Waals surface area contributed by atoms with Crippen LogP contribution in [0.3, 0.4) is 0 Å². The molecule has 0 fully saturated rings. The second kappa shape index (κ2) is 9.31. The molecular weight excluding hydrogens is 438 g/mol. The van der Waals surface area contributed by atoms with Crippen LogP contribution in [-0.2, 0) is 17.9 Å². The van der Waals surface area contributed by atoms with Gasteiger partial charge in [0, 0.05) is 36.0 Å². The van der Waals surface area contributed by atoms with Gasteiger partial charge in [-0.1, -0.05) is 17.3 Å². The van der Waals surface area contributed by atoms with Crippen molar-refractivity contribution < 1.29 is 18.1 Å². The maximum atomic E-state index is 13.6. The van der Waals surface area contributed by atoms with Crippen molar-refractivity contribution in [1.29, 1.82) is 0 Å². The average molecular weight is 456 g/mol. The lowest BCUT2D eigenvalue weighted by molar-refractivity contribution is -0.121. The molecule has 32 heavy (non-hydrogen) atoms. The minimum Gasteiger partial charge on any atom is -0.352 e. The highest BCUT2D eigenvalue weighted by atomic mass is 32.2. The first-order valence-electron chi connectivity index (χ1n) is 9.65. The fourth-order valence-corrected chi connectivity index (χ4v) is 3.59. The Hall–Kier alpha value is -3.53. The van der Waals surface area contributed by atoms with Crippen LogP contribution in [0.2, 0.25) is 0 Å². The molecule has 0 bridgehead atoms. The van der Waals surface area contributed by atoms with Gasteiger partial charge in [-0.05, 0) is 36.1 Å². The van der Waals surface area contributed by atoms with Crippen LogP contribution in [0.4, 0.5) is 8.78 Å². The molecule has 0 atom stereocenters. The summed E-state index contributed by atoms with van der Waals surface area (Å²) in [5, 5.41) is 6.56. The number of rotatable bonds is 7. The van der Waals surface area contributed by atoms with Gasteiger partial charge in [-0.15, -0.1) is 11.8 Å². The smallest absolute Gasteiger partial charge is 0.266 e. The predicted octanol–water partition coefficient (Wildman–Crippen LogP) is 3.76. The summed E-state index contributed by atoms with van der Waals surface area (Å²) < 4.78 is 33.5. The highest BCUT2D eigenvalue weighted by Gasteiger charge is 2.18. The Morgan fingerprint density at radius 2 is 1.88 bits per heavy atom. The molecule has 4 rings (SSSR count). The van der Waals surface area contributed by atoms with E-state index in [1.165, 1.54) is 10.9 Å². The molecule has 7 nitrogen and oxygen atoms in total. The number of carbonyl (C=O) groups excluding carboxylic acids is 1. The zero-order valence-electron chi connectivity index (χ0n) is 17.0. The minimum atomic E-state index is -0.805. The van der Waals surface area contributed by atoms with Crippen molar-refractivity contribution in [2.75, 3.05) is 6.26 Å². The molecule has 164 valence electrons.